The lowest BCUT2D eigenvalue weighted by molar-refractivity contribution is 0.778. The molecule has 2 aromatic heterocycles. The van der Waals surface area contributed by atoms with Crippen molar-refractivity contribution >= 4 is 82.7 Å². The monoisotopic (exact) mass is 810 g/mol. The minimum atomic E-state index is 0.336. The average Bonchev–Trinajstić information content (AvgIpc) is 3.88. The third-order valence-corrected chi connectivity index (χ3v) is 14.1. The summed E-state index contributed by atoms with van der Waals surface area (Å²) in [6, 6.07) is 78.1. The van der Waals surface area contributed by atoms with E-state index in [0.29, 0.717) is 5.92 Å². The summed E-state index contributed by atoms with van der Waals surface area (Å²) >= 11 is 1.93. The first-order valence-electron chi connectivity index (χ1n) is 21.6. The second kappa shape index (κ2) is 14.9. The minimum Gasteiger partial charge on any atom is -0.309 e. The van der Waals surface area contributed by atoms with Gasteiger partial charge in [-0.3, -0.25) is 0 Å². The number of thiophene rings is 1. The molecule has 1 aliphatic carbocycles. The first-order valence-corrected chi connectivity index (χ1v) is 22.4. The fourth-order valence-electron chi connectivity index (χ4n) is 10.1. The van der Waals surface area contributed by atoms with E-state index in [2.05, 4.69) is 235 Å². The normalized spacial score (nSPS) is 13.8. The van der Waals surface area contributed by atoms with Crippen LogP contribution in [0.2, 0.25) is 0 Å². The number of nitrogens with zero attached hydrogens (tertiary/aromatic N) is 2. The van der Waals surface area contributed by atoms with Crippen molar-refractivity contribution in [3.63, 3.8) is 0 Å². The molecule has 0 saturated carbocycles. The van der Waals surface area contributed by atoms with E-state index in [-0.39, 0.29) is 0 Å². The second-order valence-corrected chi connectivity index (χ2v) is 17.5. The number of hydrogen-bond acceptors (Lipinski definition) is 2. The Hall–Kier alpha value is -7.46. The van der Waals surface area contributed by atoms with Gasteiger partial charge in [0.25, 0.3) is 0 Å². The zero-order valence-electron chi connectivity index (χ0n) is 34.4. The van der Waals surface area contributed by atoms with E-state index in [0.717, 1.165) is 29.2 Å². The highest BCUT2D eigenvalue weighted by Gasteiger charge is 2.27. The molecule has 0 N–H and O–H groups in total. The number of para-hydroxylation sites is 4. The highest BCUT2D eigenvalue weighted by Crippen LogP contribution is 2.48. The van der Waals surface area contributed by atoms with Crippen LogP contribution in [0.4, 0.5) is 17.1 Å². The van der Waals surface area contributed by atoms with Gasteiger partial charge in [0.15, 0.2) is 0 Å². The van der Waals surface area contributed by atoms with Crippen LogP contribution in [0.25, 0.3) is 82.3 Å². The van der Waals surface area contributed by atoms with E-state index in [1.807, 2.05) is 11.3 Å². The molecule has 3 heteroatoms. The zero-order valence-corrected chi connectivity index (χ0v) is 35.2. The maximum Gasteiger partial charge on any atom is 0.0561 e. The van der Waals surface area contributed by atoms with Crippen LogP contribution in [0.15, 0.2) is 212 Å². The molecule has 0 bridgehead atoms. The summed E-state index contributed by atoms with van der Waals surface area (Å²) < 4.78 is 5.15. The molecular weight excluding hydrogens is 769 g/mol. The fourth-order valence-corrected chi connectivity index (χ4v) is 11.4. The van der Waals surface area contributed by atoms with Crippen LogP contribution in [0, 0.1) is 5.92 Å². The van der Waals surface area contributed by atoms with Crippen molar-refractivity contribution in [2.24, 2.45) is 5.92 Å². The summed E-state index contributed by atoms with van der Waals surface area (Å²) in [4.78, 5) is 2.55. The van der Waals surface area contributed by atoms with E-state index < -0.39 is 0 Å². The van der Waals surface area contributed by atoms with Crippen molar-refractivity contribution < 1.29 is 0 Å². The van der Waals surface area contributed by atoms with Gasteiger partial charge in [0.2, 0.25) is 0 Å². The Morgan fingerprint density at radius 3 is 1.92 bits per heavy atom. The van der Waals surface area contributed by atoms with Crippen molar-refractivity contribution in [3.05, 3.63) is 228 Å². The predicted molar refractivity (Wildman–Crippen MR) is 266 cm³/mol. The maximum atomic E-state index is 2.55. The number of anilines is 3. The minimum absolute atomic E-state index is 0.336. The van der Waals surface area contributed by atoms with Gasteiger partial charge in [0, 0.05) is 42.5 Å². The van der Waals surface area contributed by atoms with Gasteiger partial charge >= 0.3 is 0 Å². The van der Waals surface area contributed by atoms with Gasteiger partial charge in [-0.15, -0.1) is 11.3 Å². The predicted octanol–water partition coefficient (Wildman–Crippen LogP) is 15.0. The molecule has 62 heavy (non-hydrogen) atoms. The van der Waals surface area contributed by atoms with Crippen LogP contribution in [0.1, 0.15) is 18.9 Å². The summed E-state index contributed by atoms with van der Waals surface area (Å²) in [7, 11) is 0. The summed E-state index contributed by atoms with van der Waals surface area (Å²) in [5, 5.41) is 7.67. The molecule has 0 amide bonds. The van der Waals surface area contributed by atoms with Crippen molar-refractivity contribution in [2.75, 3.05) is 4.90 Å². The molecule has 2 nitrogen and oxygen atoms in total. The summed E-state index contributed by atoms with van der Waals surface area (Å²) in [5.41, 5.74) is 14.4. The van der Waals surface area contributed by atoms with E-state index >= 15 is 0 Å². The van der Waals surface area contributed by atoms with Gasteiger partial charge in [-0.05, 0) is 105 Å². The molecular formula is C59H42N2S. The molecule has 12 rings (SSSR count). The van der Waals surface area contributed by atoms with Crippen molar-refractivity contribution in [1.29, 1.82) is 0 Å². The van der Waals surface area contributed by atoms with Gasteiger partial charge in [0.1, 0.15) is 0 Å². The Labute approximate surface area is 365 Å². The largest absolute Gasteiger partial charge is 0.309 e. The Morgan fingerprint density at radius 2 is 1.11 bits per heavy atom. The Bertz CT molecular complexity index is 3630. The van der Waals surface area contributed by atoms with E-state index in [4.69, 9.17) is 0 Å². The van der Waals surface area contributed by atoms with E-state index in [9.17, 15) is 0 Å². The third kappa shape index (κ3) is 5.84. The first-order chi connectivity index (χ1) is 30.7. The Kier molecular flexibility index (Phi) is 8.76. The molecule has 0 spiro atoms. The van der Waals surface area contributed by atoms with Crippen LogP contribution in [0.5, 0.6) is 0 Å². The molecule has 0 saturated heterocycles. The topological polar surface area (TPSA) is 8.17 Å². The van der Waals surface area contributed by atoms with Gasteiger partial charge < -0.3 is 9.47 Å². The lowest BCUT2D eigenvalue weighted by Crippen LogP contribution is -2.29. The van der Waals surface area contributed by atoms with Gasteiger partial charge in [-0.1, -0.05) is 177 Å². The SMILES string of the molecule is CC1CC=c2c(sc3ccccc23)=C1c1ccccc1N(c1ccc2c3ccccc3n(-c3ccccc3)c2c1)c1ccccc1-c1cccc2cccc(-c3ccccc3)c12. The number of fused-ring (bicyclic) bond motifs is 7. The number of benzene rings is 9. The molecule has 11 aromatic rings. The molecule has 1 atom stereocenters. The molecule has 294 valence electrons. The van der Waals surface area contributed by atoms with Crippen molar-refractivity contribution in [3.8, 4) is 27.9 Å². The number of hydrogen-bond donors (Lipinski definition) is 0. The highest BCUT2D eigenvalue weighted by molar-refractivity contribution is 7.17. The summed E-state index contributed by atoms with van der Waals surface area (Å²) in [5.74, 6) is 0.336. The number of aromatic nitrogens is 1. The first kappa shape index (κ1) is 36.4. The lowest BCUT2D eigenvalue weighted by Gasteiger charge is -2.32. The van der Waals surface area contributed by atoms with Gasteiger partial charge in [-0.2, -0.15) is 0 Å². The highest BCUT2D eigenvalue weighted by atomic mass is 32.1. The Balaban J connectivity index is 1.18. The van der Waals surface area contributed by atoms with E-state index in [1.54, 1.807) is 0 Å². The van der Waals surface area contributed by atoms with Crippen LogP contribution in [-0.4, -0.2) is 4.57 Å². The summed E-state index contributed by atoms with van der Waals surface area (Å²) in [6.45, 7) is 2.40. The van der Waals surface area contributed by atoms with Gasteiger partial charge in [-0.25, -0.2) is 0 Å². The molecule has 2 heterocycles. The quantitative estimate of drug-likeness (QED) is 0.156. The smallest absolute Gasteiger partial charge is 0.0561 e. The molecule has 0 radical (unpaired) electrons. The Morgan fingerprint density at radius 1 is 0.500 bits per heavy atom. The van der Waals surface area contributed by atoms with Crippen molar-refractivity contribution in [2.45, 2.75) is 13.3 Å². The standard InChI is InChI=1S/C59H42N2S/c1-39-34-36-50-48-26-11-15-33-56(48)62-59(50)57(39)51-27-10-14-32-54(51)61(43-35-37-47-45-24-8-12-30-52(45)60(55(47)38-43)42-22-6-3-7-23-42)53-31-13-9-25-46(53)49-29-17-21-41-20-16-28-44(58(41)49)40-18-4-2-5-19-40/h2-33,35-39H,34H2,1H3. The van der Waals surface area contributed by atoms with Crippen LogP contribution >= 0.6 is 11.3 Å². The summed E-state index contributed by atoms with van der Waals surface area (Å²) in [6.07, 6.45) is 3.47. The molecule has 0 aliphatic heterocycles. The average molecular weight is 811 g/mol. The zero-order chi connectivity index (χ0) is 41.1. The van der Waals surface area contributed by atoms with Crippen molar-refractivity contribution in [1.82, 2.24) is 4.57 Å². The fraction of sp³-hybridized carbons (Fsp3) is 0.0508. The van der Waals surface area contributed by atoms with Crippen LogP contribution in [-0.2, 0) is 0 Å². The van der Waals surface area contributed by atoms with E-state index in [1.165, 1.54) is 85.8 Å². The molecule has 1 unspecified atom stereocenters. The number of rotatable bonds is 7. The lowest BCUT2D eigenvalue weighted by atomic mass is 9.86. The maximum absolute atomic E-state index is 2.55. The molecule has 9 aromatic carbocycles. The third-order valence-electron chi connectivity index (χ3n) is 12.8. The van der Waals surface area contributed by atoms with Crippen LogP contribution in [0.3, 0.4) is 0 Å². The molecule has 0 fully saturated rings. The molecule has 1 aliphatic rings. The second-order valence-electron chi connectivity index (χ2n) is 16.4. The van der Waals surface area contributed by atoms with Crippen LogP contribution < -0.4 is 14.7 Å². The van der Waals surface area contributed by atoms with Gasteiger partial charge in [0.05, 0.1) is 22.4 Å².